The molecule has 0 fully saturated rings. The number of fused-ring (bicyclic) bond motifs is 1. The third-order valence-corrected chi connectivity index (χ3v) is 4.60. The third kappa shape index (κ3) is 3.39. The second kappa shape index (κ2) is 7.54. The first-order valence-electron chi connectivity index (χ1n) is 8.64. The van der Waals surface area contributed by atoms with E-state index < -0.39 is 5.97 Å². The molecule has 3 aromatic rings. The fraction of sp³-hybridized carbons (Fsp3) is 0.238. The predicted octanol–water partition coefficient (Wildman–Crippen LogP) is 4.09. The summed E-state index contributed by atoms with van der Waals surface area (Å²) in [6.45, 7) is 4.06. The van der Waals surface area contributed by atoms with E-state index in [9.17, 15) is 15.0 Å². The van der Waals surface area contributed by atoms with Crippen LogP contribution in [0.4, 0.5) is 5.82 Å². The molecule has 0 aliphatic heterocycles. The normalized spacial score (nSPS) is 12.1. The van der Waals surface area contributed by atoms with Crippen molar-refractivity contribution < 1.29 is 15.0 Å². The summed E-state index contributed by atoms with van der Waals surface area (Å²) in [6, 6.07) is 12.8. The number of nitrogens with one attached hydrogen (secondary N) is 1. The van der Waals surface area contributed by atoms with E-state index in [2.05, 4.69) is 10.3 Å². The van der Waals surface area contributed by atoms with E-state index in [0.717, 1.165) is 39.7 Å². The molecule has 3 rings (SSSR count). The molecular formula is C21H22N2O3. The zero-order chi connectivity index (χ0) is 18.7. The number of aliphatic hydroxyl groups excluding tert-OH is 1. The summed E-state index contributed by atoms with van der Waals surface area (Å²) < 4.78 is 0. The van der Waals surface area contributed by atoms with Gasteiger partial charge in [-0.25, -0.2) is 9.78 Å². The summed E-state index contributed by atoms with van der Waals surface area (Å²) in [5.74, 6) is -0.218. The number of aryl methyl sites for hydroxylation is 1. The number of carboxylic acids is 1. The molecule has 1 unspecified atom stereocenters. The molecule has 5 nitrogen and oxygen atoms in total. The molecule has 0 saturated carbocycles. The lowest BCUT2D eigenvalue weighted by atomic mass is 9.96. The summed E-state index contributed by atoms with van der Waals surface area (Å²) in [4.78, 5) is 15.9. The molecule has 1 heterocycles. The number of rotatable bonds is 6. The Morgan fingerprint density at radius 3 is 2.69 bits per heavy atom. The topological polar surface area (TPSA) is 82.5 Å². The minimum Gasteiger partial charge on any atom is -0.478 e. The Balaban J connectivity index is 2.19. The second-order valence-electron chi connectivity index (χ2n) is 6.34. The van der Waals surface area contributed by atoms with Gasteiger partial charge in [-0.15, -0.1) is 0 Å². The number of carbonyl (C=O) groups is 1. The Bertz CT molecular complexity index is 949. The SMILES string of the molecule is CCC(CO)Nc1ncc(-c2cccc(C(=O)O)c2)c2cccc(C)c12. The van der Waals surface area contributed by atoms with E-state index in [1.165, 1.54) is 0 Å². The van der Waals surface area contributed by atoms with Gasteiger partial charge >= 0.3 is 5.97 Å². The van der Waals surface area contributed by atoms with Crippen LogP contribution in [0.1, 0.15) is 29.3 Å². The summed E-state index contributed by atoms with van der Waals surface area (Å²) >= 11 is 0. The van der Waals surface area contributed by atoms with Crippen LogP contribution in [0.5, 0.6) is 0 Å². The average molecular weight is 350 g/mol. The van der Waals surface area contributed by atoms with E-state index in [-0.39, 0.29) is 18.2 Å². The summed E-state index contributed by atoms with van der Waals surface area (Å²) in [7, 11) is 0. The van der Waals surface area contributed by atoms with Gasteiger partial charge in [-0.3, -0.25) is 0 Å². The van der Waals surface area contributed by atoms with Crippen LogP contribution in [0, 0.1) is 6.92 Å². The number of nitrogens with zero attached hydrogens (tertiary/aromatic N) is 1. The minimum atomic E-state index is -0.952. The summed E-state index contributed by atoms with van der Waals surface area (Å²) in [5.41, 5.74) is 3.02. The van der Waals surface area contributed by atoms with Gasteiger partial charge < -0.3 is 15.5 Å². The van der Waals surface area contributed by atoms with E-state index in [4.69, 9.17) is 0 Å². The average Bonchev–Trinajstić information content (AvgIpc) is 2.66. The maximum atomic E-state index is 11.3. The van der Waals surface area contributed by atoms with Gasteiger partial charge in [0.2, 0.25) is 0 Å². The number of benzene rings is 2. The van der Waals surface area contributed by atoms with Gasteiger partial charge in [-0.1, -0.05) is 37.3 Å². The quantitative estimate of drug-likeness (QED) is 0.624. The molecule has 0 aliphatic carbocycles. The molecule has 1 atom stereocenters. The van der Waals surface area contributed by atoms with Crippen molar-refractivity contribution in [1.29, 1.82) is 0 Å². The number of aromatic nitrogens is 1. The van der Waals surface area contributed by atoms with E-state index in [1.54, 1.807) is 24.4 Å². The van der Waals surface area contributed by atoms with Crippen molar-refractivity contribution in [2.45, 2.75) is 26.3 Å². The van der Waals surface area contributed by atoms with Crippen molar-refractivity contribution in [3.63, 3.8) is 0 Å². The molecule has 134 valence electrons. The second-order valence-corrected chi connectivity index (χ2v) is 6.34. The molecule has 2 aromatic carbocycles. The van der Waals surface area contributed by atoms with Crippen molar-refractivity contribution in [1.82, 2.24) is 4.98 Å². The predicted molar refractivity (Wildman–Crippen MR) is 104 cm³/mol. The molecule has 0 radical (unpaired) electrons. The summed E-state index contributed by atoms with van der Waals surface area (Å²) in [6.07, 6.45) is 2.54. The minimum absolute atomic E-state index is 0.0357. The van der Waals surface area contributed by atoms with Crippen LogP contribution >= 0.6 is 0 Å². The van der Waals surface area contributed by atoms with Gasteiger partial charge in [0, 0.05) is 17.1 Å². The number of hydrogen-bond acceptors (Lipinski definition) is 4. The fourth-order valence-electron chi connectivity index (χ4n) is 3.10. The molecule has 0 aliphatic rings. The number of aromatic carboxylic acids is 1. The fourth-order valence-corrected chi connectivity index (χ4v) is 3.10. The van der Waals surface area contributed by atoms with Crippen LogP contribution in [0.2, 0.25) is 0 Å². The monoisotopic (exact) mass is 350 g/mol. The molecule has 0 saturated heterocycles. The van der Waals surface area contributed by atoms with Crippen LogP contribution in [0.3, 0.4) is 0 Å². The number of carboxylic acid groups (broad SMARTS) is 1. The van der Waals surface area contributed by atoms with Crippen molar-refractivity contribution in [2.24, 2.45) is 0 Å². The lowest BCUT2D eigenvalue weighted by Crippen LogP contribution is -2.23. The Hall–Kier alpha value is -2.92. The highest BCUT2D eigenvalue weighted by Gasteiger charge is 2.14. The number of pyridine rings is 1. The van der Waals surface area contributed by atoms with Crippen LogP contribution in [0.25, 0.3) is 21.9 Å². The van der Waals surface area contributed by atoms with Crippen LogP contribution in [-0.2, 0) is 0 Å². The van der Waals surface area contributed by atoms with Gasteiger partial charge in [0.1, 0.15) is 5.82 Å². The third-order valence-electron chi connectivity index (χ3n) is 4.60. The van der Waals surface area contributed by atoms with Crippen molar-refractivity contribution in [2.75, 3.05) is 11.9 Å². The highest BCUT2D eigenvalue weighted by molar-refractivity contribution is 6.04. The Morgan fingerprint density at radius 1 is 1.23 bits per heavy atom. The van der Waals surface area contributed by atoms with Crippen LogP contribution in [0.15, 0.2) is 48.7 Å². The summed E-state index contributed by atoms with van der Waals surface area (Å²) in [5, 5.41) is 24.1. The van der Waals surface area contributed by atoms with Crippen LogP contribution in [-0.4, -0.2) is 33.8 Å². The standard InChI is InChI=1S/C21H22N2O3/c1-3-16(12-24)23-20-19-13(2)6-4-9-17(19)18(11-22-20)14-7-5-8-15(10-14)21(25)26/h4-11,16,24H,3,12H2,1-2H3,(H,22,23)(H,25,26). The Labute approximate surface area is 152 Å². The van der Waals surface area contributed by atoms with Crippen LogP contribution < -0.4 is 5.32 Å². The van der Waals surface area contributed by atoms with E-state index in [0.29, 0.717) is 0 Å². The maximum Gasteiger partial charge on any atom is 0.335 e. The first kappa shape index (κ1) is 17.9. The molecule has 1 aromatic heterocycles. The zero-order valence-electron chi connectivity index (χ0n) is 14.9. The van der Waals surface area contributed by atoms with Gasteiger partial charge in [-0.05, 0) is 42.0 Å². The number of anilines is 1. The van der Waals surface area contributed by atoms with Gasteiger partial charge in [0.25, 0.3) is 0 Å². The molecule has 0 bridgehead atoms. The molecular weight excluding hydrogens is 328 g/mol. The van der Waals surface area contributed by atoms with Crippen molar-refractivity contribution in [3.8, 4) is 11.1 Å². The first-order valence-corrected chi connectivity index (χ1v) is 8.64. The molecule has 3 N–H and O–H groups in total. The highest BCUT2D eigenvalue weighted by atomic mass is 16.4. The Kier molecular flexibility index (Phi) is 5.19. The smallest absolute Gasteiger partial charge is 0.335 e. The van der Waals surface area contributed by atoms with Gasteiger partial charge in [0.05, 0.1) is 18.2 Å². The largest absolute Gasteiger partial charge is 0.478 e. The van der Waals surface area contributed by atoms with Gasteiger partial charge in [0.15, 0.2) is 0 Å². The van der Waals surface area contributed by atoms with Crippen molar-refractivity contribution in [3.05, 3.63) is 59.8 Å². The molecule has 0 amide bonds. The number of aliphatic hydroxyl groups is 1. The first-order chi connectivity index (χ1) is 12.5. The highest BCUT2D eigenvalue weighted by Crippen LogP contribution is 2.34. The molecule has 26 heavy (non-hydrogen) atoms. The zero-order valence-corrected chi connectivity index (χ0v) is 14.9. The van der Waals surface area contributed by atoms with Crippen molar-refractivity contribution >= 4 is 22.6 Å². The van der Waals surface area contributed by atoms with E-state index >= 15 is 0 Å². The Morgan fingerprint density at radius 2 is 2.00 bits per heavy atom. The van der Waals surface area contributed by atoms with E-state index in [1.807, 2.05) is 38.1 Å². The lowest BCUT2D eigenvalue weighted by molar-refractivity contribution is 0.0697. The lowest BCUT2D eigenvalue weighted by Gasteiger charge is -2.19. The molecule has 0 spiro atoms. The van der Waals surface area contributed by atoms with Gasteiger partial charge in [-0.2, -0.15) is 0 Å². The maximum absolute atomic E-state index is 11.3. The number of hydrogen-bond donors (Lipinski definition) is 3. The molecule has 5 heteroatoms.